The summed E-state index contributed by atoms with van der Waals surface area (Å²) in [5.41, 5.74) is 4.76. The van der Waals surface area contributed by atoms with E-state index in [0.717, 1.165) is 0 Å². The van der Waals surface area contributed by atoms with E-state index in [4.69, 9.17) is 29.0 Å². The van der Waals surface area contributed by atoms with E-state index in [1.165, 1.54) is 24.7 Å². The average molecular weight is 500 g/mol. The van der Waals surface area contributed by atoms with Crippen molar-refractivity contribution in [3.63, 3.8) is 0 Å². The lowest BCUT2D eigenvalue weighted by Gasteiger charge is -2.36. The van der Waals surface area contributed by atoms with E-state index in [9.17, 15) is 14.5 Å². The molecule has 0 aromatic carbocycles. The van der Waals surface area contributed by atoms with Gasteiger partial charge < -0.3 is 25.1 Å². The van der Waals surface area contributed by atoms with Crippen LogP contribution in [0.25, 0.3) is 11.2 Å². The highest BCUT2D eigenvalue weighted by molar-refractivity contribution is 7.51. The van der Waals surface area contributed by atoms with E-state index in [0.29, 0.717) is 12.1 Å². The van der Waals surface area contributed by atoms with Gasteiger partial charge in [0.25, 0.3) is 0 Å². The van der Waals surface area contributed by atoms with Gasteiger partial charge in [0.05, 0.1) is 25.6 Å². The van der Waals surface area contributed by atoms with Gasteiger partial charge in [0.1, 0.15) is 23.9 Å². The zero-order valence-electron chi connectivity index (χ0n) is 19.5. The third-order valence-electron chi connectivity index (χ3n) is 5.38. The summed E-state index contributed by atoms with van der Waals surface area (Å²) in [6.45, 7) is 8.35. The number of nitrogen functional groups attached to an aromatic ring is 1. The molecule has 4 rings (SSSR count). The Morgan fingerprint density at radius 2 is 2.18 bits per heavy atom. The number of hydrogen-bond acceptors (Lipinski definition) is 12. The number of carbonyl (C=O) groups is 1. The summed E-state index contributed by atoms with van der Waals surface area (Å²) in [5, 5.41) is 14.0. The molecule has 14 nitrogen and oxygen atoms in total. The first-order chi connectivity index (χ1) is 15.9. The van der Waals surface area contributed by atoms with Crippen LogP contribution >= 0.6 is 7.75 Å². The summed E-state index contributed by atoms with van der Waals surface area (Å²) < 4.78 is 42.4. The molecule has 2 saturated heterocycles. The zero-order valence-corrected chi connectivity index (χ0v) is 20.4. The Morgan fingerprint density at radius 1 is 1.44 bits per heavy atom. The number of aliphatic hydroxyl groups is 1. The topological polar surface area (TPSA) is 182 Å². The third-order valence-corrected chi connectivity index (χ3v) is 7.07. The molecule has 4 N–H and O–H groups in total. The van der Waals surface area contributed by atoms with Gasteiger partial charge in [0.15, 0.2) is 17.4 Å². The van der Waals surface area contributed by atoms with Crippen LogP contribution in [0.4, 0.5) is 5.95 Å². The second kappa shape index (κ2) is 9.02. The van der Waals surface area contributed by atoms with Crippen molar-refractivity contribution in [2.24, 2.45) is 0 Å². The summed E-state index contributed by atoms with van der Waals surface area (Å²) in [5.74, 6) is -0.447. The van der Waals surface area contributed by atoms with E-state index < -0.39 is 43.8 Å². The number of rotatable bonds is 7. The molecule has 6 atom stereocenters. The van der Waals surface area contributed by atoms with Crippen molar-refractivity contribution in [1.29, 1.82) is 0 Å². The van der Waals surface area contributed by atoms with Crippen molar-refractivity contribution in [2.45, 2.75) is 70.8 Å². The van der Waals surface area contributed by atoms with Gasteiger partial charge in [0, 0.05) is 0 Å². The zero-order chi connectivity index (χ0) is 24.8. The van der Waals surface area contributed by atoms with Crippen LogP contribution in [0.3, 0.4) is 0 Å². The highest BCUT2D eigenvalue weighted by Gasteiger charge is 2.60. The van der Waals surface area contributed by atoms with E-state index in [2.05, 4.69) is 20.0 Å². The van der Waals surface area contributed by atoms with E-state index in [1.807, 2.05) is 0 Å². The van der Waals surface area contributed by atoms with E-state index in [1.54, 1.807) is 20.8 Å². The lowest BCUT2D eigenvalue weighted by Crippen LogP contribution is -2.49. The van der Waals surface area contributed by atoms with Gasteiger partial charge in [-0.3, -0.25) is 18.4 Å². The lowest BCUT2D eigenvalue weighted by atomic mass is 9.96. The van der Waals surface area contributed by atoms with Crippen molar-refractivity contribution in [3.8, 4) is 5.88 Å². The minimum absolute atomic E-state index is 0.0386. The van der Waals surface area contributed by atoms with Crippen molar-refractivity contribution >= 4 is 30.8 Å². The molecule has 2 aromatic rings. The molecule has 0 radical (unpaired) electrons. The third kappa shape index (κ3) is 4.49. The van der Waals surface area contributed by atoms with Gasteiger partial charge in [-0.1, -0.05) is 0 Å². The predicted molar refractivity (Wildman–Crippen MR) is 118 cm³/mol. The molecule has 2 aliphatic heterocycles. The van der Waals surface area contributed by atoms with Crippen molar-refractivity contribution < 1.29 is 37.7 Å². The molecule has 0 aliphatic carbocycles. The summed E-state index contributed by atoms with van der Waals surface area (Å²) >= 11 is 0. The minimum atomic E-state index is -3.97. The molecule has 15 heteroatoms. The van der Waals surface area contributed by atoms with Crippen molar-refractivity contribution in [1.82, 2.24) is 24.6 Å². The number of imidazole rings is 1. The Bertz CT molecular complexity index is 1120. The summed E-state index contributed by atoms with van der Waals surface area (Å²) in [4.78, 5) is 24.7. The van der Waals surface area contributed by atoms with E-state index >= 15 is 0 Å². The number of anilines is 1. The Morgan fingerprint density at radius 3 is 2.85 bits per heavy atom. The fourth-order valence-corrected chi connectivity index (χ4v) is 5.67. The van der Waals surface area contributed by atoms with Crippen LogP contribution in [0.15, 0.2) is 6.33 Å². The molecular weight excluding hydrogens is 471 g/mol. The van der Waals surface area contributed by atoms with Gasteiger partial charge in [0.2, 0.25) is 11.8 Å². The highest BCUT2D eigenvalue weighted by Crippen LogP contribution is 2.56. The van der Waals surface area contributed by atoms with Crippen molar-refractivity contribution in [2.75, 3.05) is 18.9 Å². The second-order valence-electron chi connectivity index (χ2n) is 8.55. The first-order valence-corrected chi connectivity index (χ1v) is 12.4. The molecule has 2 aromatic heterocycles. The Labute approximate surface area is 195 Å². The fraction of sp³-hybridized carbons (Fsp3) is 0.684. The molecule has 188 valence electrons. The minimum Gasteiger partial charge on any atom is -0.476 e. The SMILES string of the molecule is CCOc1nc(N)nc2c1ncn2[C@@H]1O[C@@H]2COP(=O)(N[C@@H](C)C(=O)OC(C)C)O[C@H]2[C@@]1(C)O. The van der Waals surface area contributed by atoms with Gasteiger partial charge >= 0.3 is 13.7 Å². The Hall–Kier alpha value is -2.35. The molecule has 2 fully saturated rings. The van der Waals surface area contributed by atoms with Crippen LogP contribution in [0.1, 0.15) is 40.8 Å². The van der Waals surface area contributed by atoms with Crippen LogP contribution in [0.5, 0.6) is 5.88 Å². The number of aromatic nitrogens is 4. The molecule has 0 spiro atoms. The first kappa shape index (κ1) is 24.8. The summed E-state index contributed by atoms with van der Waals surface area (Å²) in [6, 6.07) is -0.970. The predicted octanol–water partition coefficient (Wildman–Crippen LogP) is 0.909. The van der Waals surface area contributed by atoms with Gasteiger partial charge in [-0.05, 0) is 34.6 Å². The van der Waals surface area contributed by atoms with Crippen LogP contribution < -0.4 is 15.6 Å². The molecular formula is C19H29N6O8P. The smallest absolute Gasteiger partial charge is 0.406 e. The summed E-state index contributed by atoms with van der Waals surface area (Å²) in [7, 11) is -3.97. The molecule has 0 bridgehead atoms. The maximum absolute atomic E-state index is 13.2. The van der Waals surface area contributed by atoms with Gasteiger partial charge in [-0.2, -0.15) is 9.97 Å². The first-order valence-electron chi connectivity index (χ1n) is 10.9. The van der Waals surface area contributed by atoms with E-state index in [-0.39, 0.29) is 30.2 Å². The maximum atomic E-state index is 13.2. The van der Waals surface area contributed by atoms with Crippen LogP contribution in [-0.2, 0) is 27.9 Å². The molecule has 0 amide bonds. The Balaban J connectivity index is 1.58. The fourth-order valence-electron chi connectivity index (χ4n) is 3.90. The number of nitrogens with one attached hydrogen (secondary N) is 1. The average Bonchev–Trinajstić information content (AvgIpc) is 3.25. The second-order valence-corrected chi connectivity index (χ2v) is 10.3. The standard InChI is InChI=1S/C19H29N6O8P/c1-6-29-15-12-14(22-18(20)23-15)25(8-21-12)17-19(5,27)13-11(32-17)7-30-34(28,33-13)24-10(4)16(26)31-9(2)3/h8-11,13,17,27H,6-7H2,1-5H3,(H,24,28)(H2,20,22,23)/t10-,11+,13+,17+,19+,34?/m0/s1. The monoisotopic (exact) mass is 500 g/mol. The molecule has 34 heavy (non-hydrogen) atoms. The molecule has 4 heterocycles. The molecule has 0 saturated carbocycles. The number of hydrogen-bond donors (Lipinski definition) is 3. The van der Waals surface area contributed by atoms with Gasteiger partial charge in [-0.15, -0.1) is 0 Å². The molecule has 2 aliphatic rings. The van der Waals surface area contributed by atoms with Crippen LogP contribution in [0.2, 0.25) is 0 Å². The number of carbonyl (C=O) groups excluding carboxylic acids is 1. The number of nitrogens with two attached hydrogens (primary N) is 1. The van der Waals surface area contributed by atoms with Crippen LogP contribution in [-0.4, -0.2) is 73.8 Å². The highest BCUT2D eigenvalue weighted by atomic mass is 31.2. The summed E-state index contributed by atoms with van der Waals surface area (Å²) in [6.07, 6.45) is -1.77. The number of nitrogens with zero attached hydrogens (tertiary/aromatic N) is 4. The normalized spacial score (nSPS) is 32.0. The molecule has 1 unspecified atom stereocenters. The Kier molecular flexibility index (Phi) is 6.57. The number of fused-ring (bicyclic) bond motifs is 2. The van der Waals surface area contributed by atoms with Crippen LogP contribution in [0, 0.1) is 0 Å². The maximum Gasteiger partial charge on any atom is 0.406 e. The number of ether oxygens (including phenoxy) is 3. The lowest BCUT2D eigenvalue weighted by molar-refractivity contribution is -0.149. The van der Waals surface area contributed by atoms with Gasteiger partial charge in [-0.25, -0.2) is 14.6 Å². The quantitative estimate of drug-likeness (QED) is 0.360. The largest absolute Gasteiger partial charge is 0.476 e. The number of esters is 1. The van der Waals surface area contributed by atoms with Crippen molar-refractivity contribution in [3.05, 3.63) is 6.33 Å².